The summed E-state index contributed by atoms with van der Waals surface area (Å²) in [6.07, 6.45) is 1.10. The van der Waals surface area contributed by atoms with Crippen LogP contribution in [0.3, 0.4) is 0 Å². The first kappa shape index (κ1) is 15.3. The Kier molecular flexibility index (Phi) is 4.91. The molecule has 1 saturated heterocycles. The van der Waals surface area contributed by atoms with Gasteiger partial charge in [0.05, 0.1) is 6.04 Å². The molecular formula is C20H26N2. The van der Waals surface area contributed by atoms with Gasteiger partial charge in [-0.3, -0.25) is 4.90 Å². The normalized spacial score (nSPS) is 18.3. The molecular weight excluding hydrogens is 268 g/mol. The highest BCUT2D eigenvalue weighted by Gasteiger charge is 2.25. The third-order valence-electron chi connectivity index (χ3n) is 4.72. The molecule has 0 aromatic heterocycles. The van der Waals surface area contributed by atoms with E-state index in [1.165, 1.54) is 16.7 Å². The number of aryl methyl sites for hydroxylation is 1. The number of piperazine rings is 1. The number of hydrogen-bond acceptors (Lipinski definition) is 2. The molecule has 0 saturated carbocycles. The van der Waals surface area contributed by atoms with Crippen molar-refractivity contribution in [2.24, 2.45) is 0 Å². The van der Waals surface area contributed by atoms with Gasteiger partial charge in [-0.05, 0) is 30.2 Å². The maximum Gasteiger partial charge on any atom is 0.0602 e. The number of benzene rings is 2. The summed E-state index contributed by atoms with van der Waals surface area (Å²) >= 11 is 0. The minimum absolute atomic E-state index is 0.376. The second kappa shape index (κ2) is 7.08. The molecule has 1 atom stereocenters. The molecule has 0 bridgehead atoms. The molecule has 0 amide bonds. The molecule has 116 valence electrons. The summed E-state index contributed by atoms with van der Waals surface area (Å²) in [7, 11) is 2.21. The van der Waals surface area contributed by atoms with Crippen molar-refractivity contribution in [3.63, 3.8) is 0 Å². The predicted octanol–water partition coefficient (Wildman–Crippen LogP) is 3.59. The molecule has 0 radical (unpaired) electrons. The average Bonchev–Trinajstić information content (AvgIpc) is 2.58. The summed E-state index contributed by atoms with van der Waals surface area (Å²) < 4.78 is 0. The van der Waals surface area contributed by atoms with E-state index in [1.54, 1.807) is 0 Å². The van der Waals surface area contributed by atoms with Crippen LogP contribution < -0.4 is 0 Å². The van der Waals surface area contributed by atoms with Crippen LogP contribution in [-0.2, 0) is 6.42 Å². The topological polar surface area (TPSA) is 6.48 Å². The fourth-order valence-electron chi connectivity index (χ4n) is 3.27. The molecule has 2 heteroatoms. The Labute approximate surface area is 134 Å². The Morgan fingerprint density at radius 3 is 2.00 bits per heavy atom. The maximum absolute atomic E-state index is 2.62. The summed E-state index contributed by atoms with van der Waals surface area (Å²) in [6.45, 7) is 6.77. The lowest BCUT2D eigenvalue weighted by atomic mass is 9.95. The van der Waals surface area contributed by atoms with Crippen molar-refractivity contribution in [3.8, 4) is 0 Å². The molecule has 22 heavy (non-hydrogen) atoms. The molecule has 0 spiro atoms. The third kappa shape index (κ3) is 3.40. The van der Waals surface area contributed by atoms with E-state index in [4.69, 9.17) is 0 Å². The molecule has 1 aliphatic rings. The molecule has 2 nitrogen and oxygen atoms in total. The van der Waals surface area contributed by atoms with E-state index in [1.807, 2.05) is 0 Å². The van der Waals surface area contributed by atoms with Crippen molar-refractivity contribution in [2.75, 3.05) is 33.2 Å². The summed E-state index contributed by atoms with van der Waals surface area (Å²) in [5, 5.41) is 0. The SMILES string of the molecule is CCc1ccc(C(c2ccccc2)N2CCN(C)CC2)cc1. The number of nitrogens with zero attached hydrogens (tertiary/aromatic N) is 2. The Morgan fingerprint density at radius 1 is 0.818 bits per heavy atom. The molecule has 1 heterocycles. The second-order valence-electron chi connectivity index (χ2n) is 6.25. The van der Waals surface area contributed by atoms with Gasteiger partial charge in [0.2, 0.25) is 0 Å². The quantitative estimate of drug-likeness (QED) is 0.850. The summed E-state index contributed by atoms with van der Waals surface area (Å²) in [5.41, 5.74) is 4.22. The van der Waals surface area contributed by atoms with Gasteiger partial charge in [-0.1, -0.05) is 61.5 Å². The first-order valence-corrected chi connectivity index (χ1v) is 8.34. The van der Waals surface area contributed by atoms with Gasteiger partial charge in [-0.15, -0.1) is 0 Å². The molecule has 2 aromatic rings. The first-order valence-electron chi connectivity index (χ1n) is 8.34. The Balaban J connectivity index is 1.91. The van der Waals surface area contributed by atoms with Crippen molar-refractivity contribution in [2.45, 2.75) is 19.4 Å². The van der Waals surface area contributed by atoms with Crippen molar-refractivity contribution in [3.05, 3.63) is 71.3 Å². The Morgan fingerprint density at radius 2 is 1.41 bits per heavy atom. The number of hydrogen-bond donors (Lipinski definition) is 0. The lowest BCUT2D eigenvalue weighted by molar-refractivity contribution is 0.127. The number of rotatable bonds is 4. The Hall–Kier alpha value is -1.64. The lowest BCUT2D eigenvalue weighted by Gasteiger charge is -2.38. The van der Waals surface area contributed by atoms with Crippen LogP contribution in [0.2, 0.25) is 0 Å². The van der Waals surface area contributed by atoms with Gasteiger partial charge in [-0.25, -0.2) is 0 Å². The molecule has 2 aromatic carbocycles. The molecule has 1 aliphatic heterocycles. The van der Waals surface area contributed by atoms with Crippen LogP contribution in [0.25, 0.3) is 0 Å². The van der Waals surface area contributed by atoms with Crippen molar-refractivity contribution in [1.29, 1.82) is 0 Å². The maximum atomic E-state index is 2.62. The van der Waals surface area contributed by atoms with Gasteiger partial charge in [-0.2, -0.15) is 0 Å². The Bertz CT molecular complexity index is 568. The van der Waals surface area contributed by atoms with E-state index in [-0.39, 0.29) is 0 Å². The van der Waals surface area contributed by atoms with Crippen molar-refractivity contribution in [1.82, 2.24) is 9.80 Å². The molecule has 1 unspecified atom stereocenters. The molecule has 3 rings (SSSR count). The molecule has 0 N–H and O–H groups in total. The van der Waals surface area contributed by atoms with Gasteiger partial charge < -0.3 is 4.90 Å². The van der Waals surface area contributed by atoms with Crippen LogP contribution >= 0.6 is 0 Å². The van der Waals surface area contributed by atoms with E-state index in [0.717, 1.165) is 32.6 Å². The zero-order valence-corrected chi connectivity index (χ0v) is 13.7. The fraction of sp³-hybridized carbons (Fsp3) is 0.400. The van der Waals surface area contributed by atoms with Crippen LogP contribution in [0.15, 0.2) is 54.6 Å². The number of likely N-dealkylation sites (N-methyl/N-ethyl adjacent to an activating group) is 1. The van der Waals surface area contributed by atoms with Gasteiger partial charge in [0.25, 0.3) is 0 Å². The zero-order valence-electron chi connectivity index (χ0n) is 13.7. The van der Waals surface area contributed by atoms with Crippen molar-refractivity contribution < 1.29 is 0 Å². The largest absolute Gasteiger partial charge is 0.304 e. The summed E-state index contributed by atoms with van der Waals surface area (Å²) in [6, 6.07) is 20.5. The monoisotopic (exact) mass is 294 g/mol. The third-order valence-corrected chi connectivity index (χ3v) is 4.72. The first-order chi connectivity index (χ1) is 10.8. The van der Waals surface area contributed by atoms with Crippen LogP contribution in [0.4, 0.5) is 0 Å². The van der Waals surface area contributed by atoms with Crippen LogP contribution in [0, 0.1) is 0 Å². The molecule has 1 fully saturated rings. The van der Waals surface area contributed by atoms with Gasteiger partial charge >= 0.3 is 0 Å². The van der Waals surface area contributed by atoms with E-state index < -0.39 is 0 Å². The highest BCUT2D eigenvalue weighted by atomic mass is 15.3. The van der Waals surface area contributed by atoms with Crippen molar-refractivity contribution >= 4 is 0 Å². The minimum Gasteiger partial charge on any atom is -0.304 e. The van der Waals surface area contributed by atoms with E-state index in [2.05, 4.69) is 78.4 Å². The van der Waals surface area contributed by atoms with E-state index in [9.17, 15) is 0 Å². The van der Waals surface area contributed by atoms with Gasteiger partial charge in [0.1, 0.15) is 0 Å². The van der Waals surface area contributed by atoms with Gasteiger partial charge in [0.15, 0.2) is 0 Å². The molecule has 0 aliphatic carbocycles. The minimum atomic E-state index is 0.376. The summed E-state index contributed by atoms with van der Waals surface area (Å²) in [5.74, 6) is 0. The second-order valence-corrected chi connectivity index (χ2v) is 6.25. The summed E-state index contributed by atoms with van der Waals surface area (Å²) in [4.78, 5) is 5.04. The van der Waals surface area contributed by atoms with Crippen LogP contribution in [0.5, 0.6) is 0 Å². The standard InChI is InChI=1S/C20H26N2/c1-3-17-9-11-19(12-10-17)20(18-7-5-4-6-8-18)22-15-13-21(2)14-16-22/h4-12,20H,3,13-16H2,1-2H3. The highest BCUT2D eigenvalue weighted by molar-refractivity contribution is 5.34. The lowest BCUT2D eigenvalue weighted by Crippen LogP contribution is -2.46. The van der Waals surface area contributed by atoms with Crippen LogP contribution in [0.1, 0.15) is 29.7 Å². The van der Waals surface area contributed by atoms with E-state index in [0.29, 0.717) is 6.04 Å². The fourth-order valence-corrected chi connectivity index (χ4v) is 3.27. The van der Waals surface area contributed by atoms with Crippen LogP contribution in [-0.4, -0.2) is 43.0 Å². The zero-order chi connectivity index (χ0) is 15.4. The van der Waals surface area contributed by atoms with Gasteiger partial charge in [0, 0.05) is 26.2 Å². The predicted molar refractivity (Wildman–Crippen MR) is 93.2 cm³/mol. The smallest absolute Gasteiger partial charge is 0.0602 e. The average molecular weight is 294 g/mol. The highest BCUT2D eigenvalue weighted by Crippen LogP contribution is 2.29. The van der Waals surface area contributed by atoms with E-state index >= 15 is 0 Å².